The molecule has 0 bridgehead atoms. The summed E-state index contributed by atoms with van der Waals surface area (Å²) in [5, 5.41) is 5.48. The Balaban J connectivity index is 1.65. The SMILES string of the molecule is Cc1ccc(C(=O)NCC2(C)C(=O)N(C)c3cccc4c3c2nc2cc(F)ccc24)cc1. The predicted octanol–water partition coefficient (Wildman–Crippen LogP) is 4.50. The molecule has 1 aliphatic rings. The van der Waals surface area contributed by atoms with E-state index in [4.69, 9.17) is 4.98 Å². The standard InChI is InChI=1S/C26H22FN3O2/c1-15-7-9-16(10-8-15)24(31)28-14-26(2)23-22-19(5-4-6-21(22)30(3)25(26)32)18-12-11-17(27)13-20(18)29-23/h4-13H,14H2,1-3H3,(H,28,31). The molecule has 5 nitrogen and oxygen atoms in total. The molecule has 32 heavy (non-hydrogen) atoms. The smallest absolute Gasteiger partial charge is 0.251 e. The highest BCUT2D eigenvalue weighted by Crippen LogP contribution is 2.43. The first-order valence-corrected chi connectivity index (χ1v) is 10.4. The van der Waals surface area contributed by atoms with Gasteiger partial charge in [0.2, 0.25) is 5.91 Å². The van der Waals surface area contributed by atoms with E-state index in [0.717, 1.165) is 27.4 Å². The molecule has 6 heteroatoms. The molecule has 0 aliphatic carbocycles. The summed E-state index contributed by atoms with van der Waals surface area (Å²) < 4.78 is 14.0. The number of aryl methyl sites for hydroxylation is 1. The van der Waals surface area contributed by atoms with E-state index in [9.17, 15) is 14.0 Å². The van der Waals surface area contributed by atoms with Gasteiger partial charge in [-0.05, 0) is 49.6 Å². The monoisotopic (exact) mass is 427 g/mol. The van der Waals surface area contributed by atoms with Gasteiger partial charge in [-0.25, -0.2) is 4.39 Å². The molecule has 1 aromatic heterocycles. The van der Waals surface area contributed by atoms with Crippen LogP contribution in [-0.4, -0.2) is 30.4 Å². The topological polar surface area (TPSA) is 62.3 Å². The molecule has 5 rings (SSSR count). The van der Waals surface area contributed by atoms with Gasteiger partial charge in [0, 0.05) is 36.0 Å². The highest BCUT2D eigenvalue weighted by atomic mass is 19.1. The number of aromatic nitrogens is 1. The van der Waals surface area contributed by atoms with Crippen LogP contribution in [0.15, 0.2) is 60.7 Å². The van der Waals surface area contributed by atoms with Gasteiger partial charge in [-0.1, -0.05) is 29.8 Å². The third-order valence-electron chi connectivity index (χ3n) is 6.34. The fourth-order valence-corrected chi connectivity index (χ4v) is 4.50. The number of likely N-dealkylation sites (N-methyl/N-ethyl adjacent to an activating group) is 1. The van der Waals surface area contributed by atoms with Crippen LogP contribution in [0.1, 0.15) is 28.5 Å². The van der Waals surface area contributed by atoms with Gasteiger partial charge in [0.1, 0.15) is 11.2 Å². The number of anilines is 1. The Kier molecular flexibility index (Phi) is 4.48. The minimum Gasteiger partial charge on any atom is -0.351 e. The highest BCUT2D eigenvalue weighted by molar-refractivity contribution is 6.19. The zero-order chi connectivity index (χ0) is 22.6. The Labute approximate surface area is 184 Å². The van der Waals surface area contributed by atoms with Gasteiger partial charge >= 0.3 is 0 Å². The Bertz CT molecular complexity index is 1410. The summed E-state index contributed by atoms with van der Waals surface area (Å²) in [4.78, 5) is 32.6. The van der Waals surface area contributed by atoms with E-state index in [0.29, 0.717) is 16.8 Å². The lowest BCUT2D eigenvalue weighted by Crippen LogP contribution is -2.53. The molecule has 2 heterocycles. The first-order chi connectivity index (χ1) is 15.3. The van der Waals surface area contributed by atoms with E-state index in [1.54, 1.807) is 37.1 Å². The number of rotatable bonds is 3. The molecule has 0 radical (unpaired) electrons. The molecule has 0 saturated heterocycles. The summed E-state index contributed by atoms with van der Waals surface area (Å²) in [6.45, 7) is 3.81. The fraction of sp³-hybridized carbons (Fsp3) is 0.192. The van der Waals surface area contributed by atoms with Gasteiger partial charge in [0.25, 0.3) is 5.91 Å². The third kappa shape index (κ3) is 2.94. The second kappa shape index (κ2) is 7.12. The minimum atomic E-state index is -1.11. The van der Waals surface area contributed by atoms with Crippen LogP contribution in [-0.2, 0) is 10.2 Å². The van der Waals surface area contributed by atoms with Gasteiger partial charge in [0.05, 0.1) is 16.9 Å². The second-order valence-corrected chi connectivity index (χ2v) is 8.57. The number of benzene rings is 3. The number of pyridine rings is 1. The molecule has 3 aromatic carbocycles. The Morgan fingerprint density at radius 2 is 1.84 bits per heavy atom. The number of nitrogens with zero attached hydrogens (tertiary/aromatic N) is 2. The molecule has 0 spiro atoms. The number of fused-ring (bicyclic) bond motifs is 2. The van der Waals surface area contributed by atoms with Gasteiger partial charge in [-0.2, -0.15) is 0 Å². The van der Waals surface area contributed by atoms with Crippen molar-refractivity contribution in [3.05, 3.63) is 83.3 Å². The van der Waals surface area contributed by atoms with Crippen molar-refractivity contribution in [3.63, 3.8) is 0 Å². The van der Waals surface area contributed by atoms with Crippen molar-refractivity contribution in [3.8, 4) is 0 Å². The van der Waals surface area contributed by atoms with E-state index in [2.05, 4.69) is 5.32 Å². The first-order valence-electron chi connectivity index (χ1n) is 10.4. The average molecular weight is 427 g/mol. The molecule has 1 aliphatic heterocycles. The Morgan fingerprint density at radius 1 is 1.09 bits per heavy atom. The van der Waals surface area contributed by atoms with Crippen LogP contribution >= 0.6 is 0 Å². The van der Waals surface area contributed by atoms with E-state index in [1.807, 2.05) is 37.3 Å². The van der Waals surface area contributed by atoms with Gasteiger partial charge < -0.3 is 10.2 Å². The van der Waals surface area contributed by atoms with Crippen LogP contribution in [0.3, 0.4) is 0 Å². The lowest BCUT2D eigenvalue weighted by atomic mass is 9.78. The summed E-state index contributed by atoms with van der Waals surface area (Å²) in [6, 6.07) is 17.5. The fourth-order valence-electron chi connectivity index (χ4n) is 4.50. The molecule has 4 aromatic rings. The maximum Gasteiger partial charge on any atom is 0.251 e. The number of hydrogen-bond acceptors (Lipinski definition) is 3. The quantitative estimate of drug-likeness (QED) is 0.490. The maximum absolute atomic E-state index is 14.0. The van der Waals surface area contributed by atoms with Crippen LogP contribution in [0.5, 0.6) is 0 Å². The van der Waals surface area contributed by atoms with Crippen molar-refractivity contribution in [1.82, 2.24) is 10.3 Å². The minimum absolute atomic E-state index is 0.0696. The van der Waals surface area contributed by atoms with Crippen molar-refractivity contribution in [1.29, 1.82) is 0 Å². The molecule has 1 unspecified atom stereocenters. The van der Waals surface area contributed by atoms with E-state index in [-0.39, 0.29) is 24.2 Å². The molecule has 1 N–H and O–H groups in total. The largest absolute Gasteiger partial charge is 0.351 e. The normalized spacial score (nSPS) is 17.8. The van der Waals surface area contributed by atoms with Crippen LogP contribution in [0, 0.1) is 12.7 Å². The maximum atomic E-state index is 14.0. The van der Waals surface area contributed by atoms with E-state index in [1.165, 1.54) is 12.1 Å². The van der Waals surface area contributed by atoms with E-state index >= 15 is 0 Å². The molecular formula is C26H22FN3O2. The number of halogens is 1. The van der Waals surface area contributed by atoms with Crippen LogP contribution in [0.2, 0.25) is 0 Å². The third-order valence-corrected chi connectivity index (χ3v) is 6.34. The lowest BCUT2D eigenvalue weighted by molar-refractivity contribution is -0.123. The summed E-state index contributed by atoms with van der Waals surface area (Å²) in [6.07, 6.45) is 0. The molecule has 160 valence electrons. The van der Waals surface area contributed by atoms with Crippen molar-refractivity contribution < 1.29 is 14.0 Å². The Hall–Kier alpha value is -3.80. The zero-order valence-electron chi connectivity index (χ0n) is 18.1. The van der Waals surface area contributed by atoms with Gasteiger partial charge in [-0.3, -0.25) is 14.6 Å². The van der Waals surface area contributed by atoms with Crippen molar-refractivity contribution >= 4 is 39.2 Å². The number of amides is 2. The predicted molar refractivity (Wildman–Crippen MR) is 123 cm³/mol. The lowest BCUT2D eigenvalue weighted by Gasteiger charge is -2.38. The van der Waals surface area contributed by atoms with Crippen molar-refractivity contribution in [2.24, 2.45) is 0 Å². The van der Waals surface area contributed by atoms with Gasteiger partial charge in [-0.15, -0.1) is 0 Å². The molecule has 0 fully saturated rings. The van der Waals surface area contributed by atoms with E-state index < -0.39 is 5.41 Å². The van der Waals surface area contributed by atoms with Crippen LogP contribution in [0.25, 0.3) is 21.7 Å². The number of carbonyl (C=O) groups excluding carboxylic acids is 2. The van der Waals surface area contributed by atoms with Gasteiger partial charge in [0.15, 0.2) is 0 Å². The average Bonchev–Trinajstić information content (AvgIpc) is 2.79. The zero-order valence-corrected chi connectivity index (χ0v) is 18.1. The Morgan fingerprint density at radius 3 is 2.59 bits per heavy atom. The first kappa shape index (κ1) is 20.1. The molecular weight excluding hydrogens is 405 g/mol. The number of nitrogens with one attached hydrogen (secondary N) is 1. The number of hydrogen-bond donors (Lipinski definition) is 1. The van der Waals surface area contributed by atoms with Crippen molar-refractivity contribution in [2.45, 2.75) is 19.3 Å². The summed E-state index contributed by atoms with van der Waals surface area (Å²) in [5.41, 5.74) is 2.26. The molecule has 1 atom stereocenters. The molecule has 2 amide bonds. The summed E-state index contributed by atoms with van der Waals surface area (Å²) >= 11 is 0. The van der Waals surface area contributed by atoms with Crippen LogP contribution in [0.4, 0.5) is 10.1 Å². The molecule has 0 saturated carbocycles. The number of carbonyl (C=O) groups is 2. The van der Waals surface area contributed by atoms with Crippen molar-refractivity contribution in [2.75, 3.05) is 18.5 Å². The highest BCUT2D eigenvalue weighted by Gasteiger charge is 2.45. The second-order valence-electron chi connectivity index (χ2n) is 8.57. The van der Waals surface area contributed by atoms with Crippen LogP contribution < -0.4 is 10.2 Å². The summed E-state index contributed by atoms with van der Waals surface area (Å²) in [7, 11) is 1.73. The summed E-state index contributed by atoms with van der Waals surface area (Å²) in [5.74, 6) is -0.824.